The molecule has 5 aliphatic rings. The molecule has 1 N–H and O–H groups in total. The van der Waals surface area contributed by atoms with Crippen molar-refractivity contribution in [3.8, 4) is 6.07 Å². The highest BCUT2D eigenvalue weighted by atomic mass is 32.2. The summed E-state index contributed by atoms with van der Waals surface area (Å²) in [5.74, 6) is 3.93. The minimum Gasteiger partial charge on any atom is -0.415 e. The lowest BCUT2D eigenvalue weighted by Gasteiger charge is -2.55. The first-order chi connectivity index (χ1) is 17.3. The second-order valence-corrected chi connectivity index (χ2v) is 14.5. The highest BCUT2D eigenvalue weighted by Gasteiger charge is 2.54. The van der Waals surface area contributed by atoms with Crippen LogP contribution >= 0.6 is 23.1 Å². The predicted molar refractivity (Wildman–Crippen MR) is 142 cm³/mol. The van der Waals surface area contributed by atoms with E-state index in [2.05, 4.69) is 42.4 Å². The van der Waals surface area contributed by atoms with Crippen molar-refractivity contribution < 1.29 is 9.21 Å². The minimum atomic E-state index is -0.130. The van der Waals surface area contributed by atoms with Crippen molar-refractivity contribution in [2.24, 2.45) is 29.1 Å². The Morgan fingerprint density at radius 2 is 1.92 bits per heavy atom. The SMILES string of the molecule is CCC(C)(C)[C@H]1CCc2c(sc(NC(=O)CSc3nnc(C45CC6CC(CC(C6)C4)C5)o3)c2C#N)C1. The Bertz CT molecular complexity index is 1170. The van der Waals surface area contributed by atoms with Gasteiger partial charge in [0.15, 0.2) is 0 Å². The van der Waals surface area contributed by atoms with Gasteiger partial charge in [-0.2, -0.15) is 5.26 Å². The van der Waals surface area contributed by atoms with E-state index in [4.69, 9.17) is 4.42 Å². The summed E-state index contributed by atoms with van der Waals surface area (Å²) < 4.78 is 6.15. The van der Waals surface area contributed by atoms with Crippen LogP contribution in [0.2, 0.25) is 0 Å². The molecule has 0 spiro atoms. The third-order valence-electron chi connectivity index (χ3n) is 9.87. The van der Waals surface area contributed by atoms with Crippen molar-refractivity contribution in [1.29, 1.82) is 5.26 Å². The van der Waals surface area contributed by atoms with Gasteiger partial charge in [0, 0.05) is 10.3 Å². The van der Waals surface area contributed by atoms with E-state index in [1.54, 1.807) is 11.3 Å². The quantitative estimate of drug-likeness (QED) is 0.403. The second kappa shape index (κ2) is 9.16. The molecule has 1 atom stereocenters. The molecule has 7 rings (SSSR count). The molecule has 0 aromatic carbocycles. The van der Waals surface area contributed by atoms with Gasteiger partial charge in [0.1, 0.15) is 11.1 Å². The maximum Gasteiger partial charge on any atom is 0.277 e. The Morgan fingerprint density at radius 3 is 2.56 bits per heavy atom. The van der Waals surface area contributed by atoms with E-state index in [0.717, 1.165) is 54.9 Å². The number of nitrogens with zero attached hydrogens (tertiary/aromatic N) is 3. The molecule has 6 nitrogen and oxygen atoms in total. The minimum absolute atomic E-state index is 0.0742. The molecule has 0 radical (unpaired) electrons. The van der Waals surface area contributed by atoms with Crippen molar-refractivity contribution in [3.05, 3.63) is 21.9 Å². The van der Waals surface area contributed by atoms with E-state index in [9.17, 15) is 10.1 Å². The molecule has 36 heavy (non-hydrogen) atoms. The molecule has 192 valence electrons. The van der Waals surface area contributed by atoms with Gasteiger partial charge >= 0.3 is 0 Å². The number of rotatable bonds is 7. The summed E-state index contributed by atoms with van der Waals surface area (Å²) in [7, 11) is 0. The van der Waals surface area contributed by atoms with Crippen LogP contribution in [0.5, 0.6) is 0 Å². The Balaban J connectivity index is 1.09. The number of thioether (sulfide) groups is 1. The summed E-state index contributed by atoms with van der Waals surface area (Å²) in [4.78, 5) is 14.1. The first kappa shape index (κ1) is 24.5. The molecule has 2 heterocycles. The zero-order chi connectivity index (χ0) is 25.1. The van der Waals surface area contributed by atoms with Crippen molar-refractivity contribution in [2.75, 3.05) is 11.1 Å². The lowest BCUT2D eigenvalue weighted by molar-refractivity contribution is -0.113. The summed E-state index contributed by atoms with van der Waals surface area (Å²) in [5, 5.41) is 22.8. The van der Waals surface area contributed by atoms with E-state index < -0.39 is 0 Å². The van der Waals surface area contributed by atoms with E-state index in [1.165, 1.54) is 55.2 Å². The summed E-state index contributed by atoms with van der Waals surface area (Å²) >= 11 is 2.89. The maximum absolute atomic E-state index is 12.8. The van der Waals surface area contributed by atoms with Crippen LogP contribution in [0.3, 0.4) is 0 Å². The fraction of sp³-hybridized carbons (Fsp3) is 0.714. The van der Waals surface area contributed by atoms with Gasteiger partial charge in [-0.25, -0.2) is 0 Å². The predicted octanol–water partition coefficient (Wildman–Crippen LogP) is 6.74. The number of fused-ring (bicyclic) bond motifs is 1. The number of carbonyl (C=O) groups is 1. The number of hydrogen-bond donors (Lipinski definition) is 1. The number of thiophene rings is 1. The van der Waals surface area contributed by atoms with Gasteiger partial charge in [-0.1, -0.05) is 39.0 Å². The number of aromatic nitrogens is 2. The molecule has 4 bridgehead atoms. The molecule has 0 saturated heterocycles. The Hall–Kier alpha value is -1.85. The normalized spacial score (nSPS) is 30.7. The molecule has 1 amide bonds. The van der Waals surface area contributed by atoms with E-state index >= 15 is 0 Å². The Labute approximate surface area is 222 Å². The largest absolute Gasteiger partial charge is 0.415 e. The number of anilines is 1. The standard InChI is InChI=1S/C28H36N4O2S2/c1-4-27(2,3)19-5-6-20-21(14-29)24(36-22(20)10-19)30-23(33)15-35-26-32-31-25(34-26)28-11-16-7-17(12-28)9-18(8-16)13-28/h16-19H,4-13,15H2,1-3H3,(H,30,33)/t16?,17?,18?,19-,28?/m0/s1. The van der Waals surface area contributed by atoms with Crippen LogP contribution in [0.15, 0.2) is 9.64 Å². The molecule has 0 unspecified atom stereocenters. The zero-order valence-corrected chi connectivity index (χ0v) is 23.2. The van der Waals surface area contributed by atoms with E-state index in [-0.39, 0.29) is 22.5 Å². The van der Waals surface area contributed by atoms with Crippen molar-refractivity contribution in [3.63, 3.8) is 0 Å². The molecule has 0 aliphatic heterocycles. The first-order valence-electron chi connectivity index (χ1n) is 13.6. The zero-order valence-electron chi connectivity index (χ0n) is 21.6. The van der Waals surface area contributed by atoms with Crippen LogP contribution in [-0.4, -0.2) is 21.9 Å². The number of nitriles is 1. The molecule has 2 aromatic rings. The Kier molecular flexibility index (Phi) is 6.23. The fourth-order valence-electron chi connectivity index (χ4n) is 7.89. The van der Waals surface area contributed by atoms with E-state index in [1.807, 2.05) is 0 Å². The second-order valence-electron chi connectivity index (χ2n) is 12.5. The van der Waals surface area contributed by atoms with Gasteiger partial charge in [0.05, 0.1) is 11.3 Å². The van der Waals surface area contributed by atoms with Gasteiger partial charge in [-0.3, -0.25) is 4.79 Å². The van der Waals surface area contributed by atoms with Gasteiger partial charge in [0.2, 0.25) is 11.8 Å². The molecular weight excluding hydrogens is 488 g/mol. The van der Waals surface area contributed by atoms with Crippen molar-refractivity contribution in [2.45, 2.75) is 95.6 Å². The van der Waals surface area contributed by atoms with Crippen LogP contribution in [0.25, 0.3) is 0 Å². The number of nitrogens with one attached hydrogen (secondary N) is 1. The topological polar surface area (TPSA) is 91.8 Å². The van der Waals surface area contributed by atoms with Gasteiger partial charge in [0.25, 0.3) is 5.22 Å². The third-order valence-corrected chi connectivity index (χ3v) is 11.9. The number of hydrogen-bond acceptors (Lipinski definition) is 7. The van der Waals surface area contributed by atoms with E-state index in [0.29, 0.717) is 21.7 Å². The molecule has 8 heteroatoms. The van der Waals surface area contributed by atoms with Gasteiger partial charge < -0.3 is 9.73 Å². The summed E-state index contributed by atoms with van der Waals surface area (Å²) in [6, 6.07) is 2.36. The highest BCUT2D eigenvalue weighted by molar-refractivity contribution is 7.99. The summed E-state index contributed by atoms with van der Waals surface area (Å²) in [6.45, 7) is 6.94. The van der Waals surface area contributed by atoms with Crippen molar-refractivity contribution in [1.82, 2.24) is 10.2 Å². The third kappa shape index (κ3) is 4.30. The van der Waals surface area contributed by atoms with Crippen LogP contribution in [0, 0.1) is 40.4 Å². The smallest absolute Gasteiger partial charge is 0.277 e. The monoisotopic (exact) mass is 524 g/mol. The average molecular weight is 525 g/mol. The van der Waals surface area contributed by atoms with Crippen LogP contribution < -0.4 is 5.32 Å². The van der Waals surface area contributed by atoms with Gasteiger partial charge in [-0.05, 0) is 92.4 Å². The van der Waals surface area contributed by atoms with Crippen LogP contribution in [0.1, 0.15) is 94.0 Å². The number of amides is 1. The van der Waals surface area contributed by atoms with Gasteiger partial charge in [-0.15, -0.1) is 21.5 Å². The lowest BCUT2D eigenvalue weighted by atomic mass is 9.49. The molecule has 2 aromatic heterocycles. The molecule has 4 fully saturated rings. The first-order valence-corrected chi connectivity index (χ1v) is 15.4. The fourth-order valence-corrected chi connectivity index (χ4v) is 9.75. The van der Waals surface area contributed by atoms with Crippen LogP contribution in [0.4, 0.5) is 5.00 Å². The highest BCUT2D eigenvalue weighted by Crippen LogP contribution is 2.60. The average Bonchev–Trinajstić information content (AvgIpc) is 3.46. The lowest BCUT2D eigenvalue weighted by Crippen LogP contribution is -2.48. The van der Waals surface area contributed by atoms with Crippen molar-refractivity contribution >= 4 is 34.0 Å². The molecule has 5 aliphatic carbocycles. The number of carbonyl (C=O) groups excluding carboxylic acids is 1. The summed E-state index contributed by atoms with van der Waals surface area (Å²) in [6.07, 6.45) is 11.8. The van der Waals surface area contributed by atoms with Crippen LogP contribution in [-0.2, 0) is 23.1 Å². The molecular formula is C28H36N4O2S2. The summed E-state index contributed by atoms with van der Waals surface area (Å²) in [5.41, 5.74) is 2.16. The molecule has 4 saturated carbocycles. The maximum atomic E-state index is 12.8. The Morgan fingerprint density at radius 1 is 1.22 bits per heavy atom.